The molecule has 2 aromatic rings. The van der Waals surface area contributed by atoms with Crippen LogP contribution in [0.15, 0.2) is 54.6 Å². The fourth-order valence-electron chi connectivity index (χ4n) is 1.83. The third kappa shape index (κ3) is 4.64. The van der Waals surface area contributed by atoms with E-state index in [1.807, 2.05) is 30.3 Å². The van der Waals surface area contributed by atoms with Crippen molar-refractivity contribution in [2.75, 3.05) is 0 Å². The van der Waals surface area contributed by atoms with Crippen molar-refractivity contribution in [2.45, 2.75) is 16.2 Å². The minimum absolute atomic E-state index is 0.119. The van der Waals surface area contributed by atoms with Gasteiger partial charge in [-0.3, -0.25) is 4.79 Å². The first-order valence-corrected chi connectivity index (χ1v) is 8.26. The van der Waals surface area contributed by atoms with E-state index < -0.39 is 0 Å². The van der Waals surface area contributed by atoms with E-state index in [0.29, 0.717) is 6.54 Å². The number of carbonyl (C=O) groups excluding carboxylic acids is 1. The Hall–Kier alpha value is -1.20. The van der Waals surface area contributed by atoms with Crippen LogP contribution >= 0.6 is 31.9 Å². The average molecular weight is 415 g/mol. The number of nitrogens with one attached hydrogen (secondary N) is 1. The summed E-state index contributed by atoms with van der Waals surface area (Å²) >= 11 is 6.94. The maximum Gasteiger partial charge on any atom is 0.235 e. The van der Waals surface area contributed by atoms with Gasteiger partial charge in [-0.05, 0) is 23.3 Å². The van der Waals surface area contributed by atoms with E-state index in [4.69, 9.17) is 0 Å². The summed E-state index contributed by atoms with van der Waals surface area (Å²) in [6.07, 6.45) is 0. The lowest BCUT2D eigenvalue weighted by atomic mass is 10.1. The molecule has 0 aliphatic rings. The van der Waals surface area contributed by atoms with Crippen molar-refractivity contribution < 1.29 is 9.18 Å². The van der Waals surface area contributed by atoms with Gasteiger partial charge in [-0.1, -0.05) is 74.3 Å². The Labute approximate surface area is 140 Å². The van der Waals surface area contributed by atoms with Crippen LogP contribution in [0.1, 0.15) is 16.0 Å². The molecule has 0 aromatic heterocycles. The van der Waals surface area contributed by atoms with Crippen LogP contribution in [0.3, 0.4) is 0 Å². The van der Waals surface area contributed by atoms with E-state index in [1.54, 1.807) is 12.1 Å². The first-order chi connectivity index (χ1) is 10.1. The number of alkyl halides is 2. The van der Waals surface area contributed by atoms with Crippen LogP contribution in [0.4, 0.5) is 4.39 Å². The van der Waals surface area contributed by atoms with Crippen LogP contribution in [0.25, 0.3) is 0 Å². The van der Waals surface area contributed by atoms with E-state index in [9.17, 15) is 9.18 Å². The Morgan fingerprint density at radius 3 is 2.29 bits per heavy atom. The van der Waals surface area contributed by atoms with Gasteiger partial charge in [0, 0.05) is 6.54 Å². The second kappa shape index (κ2) is 7.71. The van der Waals surface area contributed by atoms with Gasteiger partial charge in [0.25, 0.3) is 0 Å². The van der Waals surface area contributed by atoms with Crippen LogP contribution in [0.5, 0.6) is 0 Å². The molecule has 0 heterocycles. The Kier molecular flexibility index (Phi) is 5.94. The zero-order valence-corrected chi connectivity index (χ0v) is 14.3. The van der Waals surface area contributed by atoms with Crippen LogP contribution in [-0.2, 0) is 11.3 Å². The van der Waals surface area contributed by atoms with Crippen molar-refractivity contribution in [2.24, 2.45) is 0 Å². The highest BCUT2D eigenvalue weighted by atomic mass is 79.9. The fraction of sp³-hybridized carbons (Fsp3) is 0.188. The lowest BCUT2D eigenvalue weighted by Crippen LogP contribution is -2.32. The second-order valence-electron chi connectivity index (χ2n) is 4.56. The Balaban J connectivity index is 1.92. The molecule has 2 aromatic carbocycles. The van der Waals surface area contributed by atoms with E-state index in [1.165, 1.54) is 12.1 Å². The molecule has 2 atom stereocenters. The third-order valence-corrected chi connectivity index (χ3v) is 5.72. The van der Waals surface area contributed by atoms with Crippen molar-refractivity contribution in [1.82, 2.24) is 5.32 Å². The molecule has 1 amide bonds. The highest BCUT2D eigenvalue weighted by Crippen LogP contribution is 2.31. The van der Waals surface area contributed by atoms with E-state index in [0.717, 1.165) is 11.1 Å². The van der Waals surface area contributed by atoms with Crippen LogP contribution in [-0.4, -0.2) is 10.7 Å². The largest absolute Gasteiger partial charge is 0.351 e. The molecule has 0 bridgehead atoms. The number of amides is 1. The maximum atomic E-state index is 12.8. The molecule has 0 aliphatic heterocycles. The van der Waals surface area contributed by atoms with Gasteiger partial charge in [-0.2, -0.15) is 0 Å². The normalized spacial score (nSPS) is 13.5. The van der Waals surface area contributed by atoms with Crippen molar-refractivity contribution >= 4 is 37.8 Å². The molecular formula is C16H14Br2FNO. The fourth-order valence-corrected chi connectivity index (χ4v) is 2.84. The smallest absolute Gasteiger partial charge is 0.235 e. The predicted molar refractivity (Wildman–Crippen MR) is 89.1 cm³/mol. The van der Waals surface area contributed by atoms with Gasteiger partial charge in [0.15, 0.2) is 0 Å². The van der Waals surface area contributed by atoms with Crippen LogP contribution in [0, 0.1) is 5.82 Å². The van der Waals surface area contributed by atoms with Gasteiger partial charge >= 0.3 is 0 Å². The summed E-state index contributed by atoms with van der Waals surface area (Å²) in [5, 5.41) is 2.83. The zero-order chi connectivity index (χ0) is 15.2. The maximum absolute atomic E-state index is 12.8. The van der Waals surface area contributed by atoms with Crippen molar-refractivity contribution in [3.05, 3.63) is 71.5 Å². The molecule has 2 nitrogen and oxygen atoms in total. The summed E-state index contributed by atoms with van der Waals surface area (Å²) < 4.78 is 12.8. The molecule has 0 aliphatic carbocycles. The summed E-state index contributed by atoms with van der Waals surface area (Å²) in [4.78, 5) is 11.6. The standard InChI is InChI=1S/C16H14Br2FNO/c17-14(12-4-2-1-3-5-12)15(18)16(21)20-10-11-6-8-13(19)9-7-11/h1-9,14-15H,10H2,(H,20,21). The van der Waals surface area contributed by atoms with E-state index >= 15 is 0 Å². The van der Waals surface area contributed by atoms with Crippen molar-refractivity contribution in [1.29, 1.82) is 0 Å². The molecule has 0 radical (unpaired) electrons. The number of benzene rings is 2. The Morgan fingerprint density at radius 1 is 1.05 bits per heavy atom. The lowest BCUT2D eigenvalue weighted by molar-refractivity contribution is -0.120. The van der Waals surface area contributed by atoms with Crippen molar-refractivity contribution in [3.8, 4) is 0 Å². The summed E-state index contributed by atoms with van der Waals surface area (Å²) in [6.45, 7) is 0.371. The molecule has 0 saturated heterocycles. The molecule has 0 fully saturated rings. The zero-order valence-electron chi connectivity index (χ0n) is 11.1. The SMILES string of the molecule is O=C(NCc1ccc(F)cc1)C(Br)C(Br)c1ccccc1. The highest BCUT2D eigenvalue weighted by molar-refractivity contribution is 9.12. The van der Waals surface area contributed by atoms with Crippen LogP contribution in [0.2, 0.25) is 0 Å². The summed E-state index contributed by atoms with van der Waals surface area (Å²) in [5.41, 5.74) is 1.88. The van der Waals surface area contributed by atoms with Gasteiger partial charge in [-0.25, -0.2) is 4.39 Å². The topological polar surface area (TPSA) is 29.1 Å². The average Bonchev–Trinajstić information content (AvgIpc) is 2.53. The first kappa shape index (κ1) is 16.2. The first-order valence-electron chi connectivity index (χ1n) is 6.43. The van der Waals surface area contributed by atoms with E-state index in [2.05, 4.69) is 37.2 Å². The summed E-state index contributed by atoms with van der Waals surface area (Å²) in [6, 6.07) is 15.8. The number of carbonyl (C=O) groups is 1. The highest BCUT2D eigenvalue weighted by Gasteiger charge is 2.24. The quantitative estimate of drug-likeness (QED) is 0.724. The number of halogens is 3. The number of hydrogen-bond acceptors (Lipinski definition) is 1. The lowest BCUT2D eigenvalue weighted by Gasteiger charge is -2.17. The Morgan fingerprint density at radius 2 is 1.67 bits per heavy atom. The predicted octanol–water partition coefficient (Wildman–Crippen LogP) is 4.34. The van der Waals surface area contributed by atoms with Gasteiger partial charge < -0.3 is 5.32 Å². The molecule has 5 heteroatoms. The van der Waals surface area contributed by atoms with Gasteiger partial charge in [-0.15, -0.1) is 0 Å². The minimum atomic E-state index is -0.389. The number of rotatable bonds is 5. The molecule has 0 spiro atoms. The molecule has 0 saturated carbocycles. The van der Waals surface area contributed by atoms with Crippen molar-refractivity contribution in [3.63, 3.8) is 0 Å². The molecule has 110 valence electrons. The molecular weight excluding hydrogens is 401 g/mol. The minimum Gasteiger partial charge on any atom is -0.351 e. The van der Waals surface area contributed by atoms with Gasteiger partial charge in [0.05, 0.1) is 4.83 Å². The summed E-state index contributed by atoms with van der Waals surface area (Å²) in [7, 11) is 0. The molecule has 2 unspecified atom stereocenters. The molecule has 1 N–H and O–H groups in total. The van der Waals surface area contributed by atoms with Gasteiger partial charge in [0.2, 0.25) is 5.91 Å². The second-order valence-corrected chi connectivity index (χ2v) is 6.53. The van der Waals surface area contributed by atoms with E-state index in [-0.39, 0.29) is 21.4 Å². The third-order valence-electron chi connectivity index (χ3n) is 3.01. The van der Waals surface area contributed by atoms with Gasteiger partial charge in [0.1, 0.15) is 10.6 Å². The molecule has 21 heavy (non-hydrogen) atoms. The monoisotopic (exact) mass is 413 g/mol. The number of hydrogen-bond donors (Lipinski definition) is 1. The summed E-state index contributed by atoms with van der Waals surface area (Å²) in [5.74, 6) is -0.405. The molecule has 2 rings (SSSR count). The van der Waals surface area contributed by atoms with Crippen LogP contribution < -0.4 is 5.32 Å². The Bertz CT molecular complexity index is 589.